The second-order valence-corrected chi connectivity index (χ2v) is 10.9. The second-order valence-electron chi connectivity index (χ2n) is 7.15. The van der Waals surface area contributed by atoms with Crippen LogP contribution in [0.4, 0.5) is 70.2 Å². The summed E-state index contributed by atoms with van der Waals surface area (Å²) in [6.45, 7) is -3.10. The molecule has 1 fully saturated rings. The van der Waals surface area contributed by atoms with Gasteiger partial charge in [-0.1, -0.05) is 6.92 Å². The number of alkyl halides is 16. The van der Waals surface area contributed by atoms with E-state index in [1.165, 1.54) is 0 Å². The Balaban J connectivity index is 4.05. The van der Waals surface area contributed by atoms with Gasteiger partial charge in [0.05, 0.1) is 6.16 Å². The highest BCUT2D eigenvalue weighted by Crippen LogP contribution is 2.66. The van der Waals surface area contributed by atoms with Crippen molar-refractivity contribution in [3.05, 3.63) is 0 Å². The molecule has 0 aliphatic carbocycles. The van der Waals surface area contributed by atoms with Crippen LogP contribution in [0.5, 0.6) is 0 Å². The molecule has 0 saturated carbocycles. The molecule has 228 valence electrons. The third kappa shape index (κ3) is 4.84. The highest BCUT2D eigenvalue weighted by molar-refractivity contribution is 7.90. The third-order valence-electron chi connectivity index (χ3n) is 4.63. The van der Waals surface area contributed by atoms with Gasteiger partial charge in [-0.15, -0.1) is 4.90 Å². The number of hydrogen-bond acceptors (Lipinski definition) is 5. The van der Waals surface area contributed by atoms with Gasteiger partial charge in [0.15, 0.2) is 0 Å². The summed E-state index contributed by atoms with van der Waals surface area (Å²) in [5, 5.41) is -7.70. The quantitative estimate of drug-likeness (QED) is 0.234. The first kappa shape index (κ1) is 34.9. The van der Waals surface area contributed by atoms with Crippen molar-refractivity contribution in [2.45, 2.75) is 54.4 Å². The van der Waals surface area contributed by atoms with Crippen molar-refractivity contribution in [3.63, 3.8) is 0 Å². The minimum atomic E-state index is -8.26. The fraction of sp³-hybridized carbons (Fsp3) is 1.00. The number of rotatable bonds is 8. The molecule has 0 bridgehead atoms. The van der Waals surface area contributed by atoms with Crippen LogP contribution in [0.2, 0.25) is 0 Å². The molecule has 0 radical (unpaired) electrons. The molecular formula is C12H11F16N2O6PS. The Morgan fingerprint density at radius 2 is 1.16 bits per heavy atom. The first-order valence-corrected chi connectivity index (χ1v) is 12.0. The maximum absolute atomic E-state index is 14.5. The maximum Gasteiger partial charge on any atom is 0.456 e. The van der Waals surface area contributed by atoms with E-state index in [0.717, 1.165) is 0 Å². The van der Waals surface area contributed by atoms with Crippen LogP contribution in [-0.4, -0.2) is 94.1 Å². The predicted molar refractivity (Wildman–Crippen MR) is 85.6 cm³/mol. The van der Waals surface area contributed by atoms with E-state index in [1.54, 1.807) is 4.74 Å². The number of ether oxygens (including phenoxy) is 1. The molecule has 26 heteroatoms. The summed E-state index contributed by atoms with van der Waals surface area (Å²) in [7, 11) is -13.0. The fourth-order valence-electron chi connectivity index (χ4n) is 2.73. The van der Waals surface area contributed by atoms with E-state index in [0.29, 0.717) is 6.92 Å². The van der Waals surface area contributed by atoms with Crippen LogP contribution >= 0.6 is 7.60 Å². The molecular weight excluding hydrogens is 635 g/mol. The van der Waals surface area contributed by atoms with Gasteiger partial charge in [0.1, 0.15) is 0 Å². The average molecular weight is 646 g/mol. The summed E-state index contributed by atoms with van der Waals surface area (Å²) < 4.78 is 256. The Hall–Kier alpha value is -1.14. The first-order valence-electron chi connectivity index (χ1n) is 8.81. The van der Waals surface area contributed by atoms with Gasteiger partial charge in [-0.3, -0.25) is 9.30 Å². The Kier molecular flexibility index (Phi) is 8.44. The number of sulfonamides is 1. The van der Waals surface area contributed by atoms with Gasteiger partial charge in [0, 0.05) is 13.1 Å². The van der Waals surface area contributed by atoms with Gasteiger partial charge in [0.25, 0.3) is 10.0 Å². The predicted octanol–water partition coefficient (Wildman–Crippen LogP) is 3.98. The van der Waals surface area contributed by atoms with Crippen molar-refractivity contribution in [2.24, 2.45) is 0 Å². The van der Waals surface area contributed by atoms with E-state index in [9.17, 15) is 83.2 Å². The molecule has 8 nitrogen and oxygen atoms in total. The van der Waals surface area contributed by atoms with E-state index in [-0.39, 0.29) is 0 Å². The van der Waals surface area contributed by atoms with Crippen molar-refractivity contribution in [1.29, 1.82) is 0 Å². The lowest BCUT2D eigenvalue weighted by Gasteiger charge is -2.55. The van der Waals surface area contributed by atoms with Crippen molar-refractivity contribution in [1.82, 2.24) is 9.21 Å². The van der Waals surface area contributed by atoms with Crippen LogP contribution in [-0.2, 0) is 19.3 Å². The molecule has 0 aromatic heterocycles. The minimum absolute atomic E-state index is 0.413. The average Bonchev–Trinajstić information content (AvgIpc) is 2.63. The van der Waals surface area contributed by atoms with Crippen LogP contribution in [0.25, 0.3) is 0 Å². The first-order chi connectivity index (χ1) is 16.2. The Morgan fingerprint density at radius 1 is 0.816 bits per heavy atom. The molecule has 1 heterocycles. The van der Waals surface area contributed by atoms with E-state index >= 15 is 0 Å². The fourth-order valence-corrected chi connectivity index (χ4v) is 4.76. The van der Waals surface area contributed by atoms with E-state index < -0.39 is 93.5 Å². The van der Waals surface area contributed by atoms with E-state index in [1.807, 2.05) is 0 Å². The number of halogens is 16. The normalized spacial score (nSPS) is 28.1. The van der Waals surface area contributed by atoms with Gasteiger partial charge >= 0.3 is 55.1 Å². The molecule has 0 aromatic rings. The lowest BCUT2D eigenvalue weighted by molar-refractivity contribution is -0.600. The van der Waals surface area contributed by atoms with Gasteiger partial charge in [0.2, 0.25) is 0 Å². The van der Waals surface area contributed by atoms with Crippen LogP contribution in [0.3, 0.4) is 0 Å². The Labute approximate surface area is 199 Å². The molecule has 2 atom stereocenters. The van der Waals surface area contributed by atoms with Crippen LogP contribution in [0, 0.1) is 0 Å². The van der Waals surface area contributed by atoms with Crippen molar-refractivity contribution < 1.29 is 97.8 Å². The summed E-state index contributed by atoms with van der Waals surface area (Å²) in [6, 6.07) is -24.5. The Bertz CT molecular complexity index is 1020. The zero-order valence-corrected chi connectivity index (χ0v) is 19.2. The second kappa shape index (κ2) is 9.19. The summed E-state index contributed by atoms with van der Waals surface area (Å²) in [5.74, 6) is -15.8. The molecule has 2 N–H and O–H groups in total. The van der Waals surface area contributed by atoms with Crippen molar-refractivity contribution in [2.75, 3.05) is 19.3 Å². The summed E-state index contributed by atoms with van der Waals surface area (Å²) in [4.78, 5) is 12.7. The number of morpholine rings is 1. The summed E-state index contributed by atoms with van der Waals surface area (Å²) in [6.07, 6.45) is -17.5. The van der Waals surface area contributed by atoms with Crippen LogP contribution < -0.4 is 0 Å². The van der Waals surface area contributed by atoms with Gasteiger partial charge in [-0.05, 0) is 0 Å². The van der Waals surface area contributed by atoms with Gasteiger partial charge in [-0.2, -0.15) is 74.6 Å². The van der Waals surface area contributed by atoms with Gasteiger partial charge in [-0.25, -0.2) is 8.42 Å². The van der Waals surface area contributed by atoms with E-state index in [4.69, 9.17) is 9.79 Å². The molecule has 1 aliphatic heterocycles. The molecule has 1 rings (SSSR count). The standard InChI is InChI=1S/C12H11F16N2O6PS/c1-2-29(3-4-37(31,32)33)38(34,35)12(27,28)11(25,26)30-9(21,22)5(13,7(15,16)17)36-6(14,8(18,19)20)10(30,23)24/h2-4H2,1H3,(H2,31,32,33). The molecule has 1 saturated heterocycles. The zero-order chi connectivity index (χ0) is 31.0. The van der Waals surface area contributed by atoms with E-state index in [2.05, 4.69) is 0 Å². The summed E-state index contributed by atoms with van der Waals surface area (Å²) in [5.41, 5.74) is 0. The number of nitrogens with zero attached hydrogens (tertiary/aromatic N) is 2. The third-order valence-corrected chi connectivity index (χ3v) is 7.43. The lowest BCUT2D eigenvalue weighted by Crippen LogP contribution is -2.86. The lowest BCUT2D eigenvalue weighted by atomic mass is 10.0. The van der Waals surface area contributed by atoms with Crippen molar-refractivity contribution in [3.8, 4) is 0 Å². The Morgan fingerprint density at radius 3 is 1.42 bits per heavy atom. The molecule has 0 amide bonds. The summed E-state index contributed by atoms with van der Waals surface area (Å²) >= 11 is 0. The van der Waals surface area contributed by atoms with Gasteiger partial charge < -0.3 is 9.79 Å². The highest BCUT2D eigenvalue weighted by Gasteiger charge is 2.97. The molecule has 0 spiro atoms. The number of hydrogen-bond donors (Lipinski definition) is 2. The smallest absolute Gasteiger partial charge is 0.324 e. The minimum Gasteiger partial charge on any atom is -0.324 e. The monoisotopic (exact) mass is 646 g/mol. The maximum atomic E-state index is 14.5. The largest absolute Gasteiger partial charge is 0.456 e. The molecule has 2 unspecified atom stereocenters. The zero-order valence-electron chi connectivity index (χ0n) is 17.4. The van der Waals surface area contributed by atoms with Crippen molar-refractivity contribution >= 4 is 17.6 Å². The van der Waals surface area contributed by atoms with Crippen LogP contribution in [0.1, 0.15) is 6.92 Å². The molecule has 1 aliphatic rings. The highest BCUT2D eigenvalue weighted by atomic mass is 32.2. The van der Waals surface area contributed by atoms with Crippen LogP contribution in [0.15, 0.2) is 0 Å². The topological polar surface area (TPSA) is 107 Å². The molecule has 0 aromatic carbocycles. The molecule has 38 heavy (non-hydrogen) atoms. The SMILES string of the molecule is CCN(CCP(=O)(O)O)S(=O)(=O)C(F)(F)C(F)(F)N1C(F)(F)C(F)(C(F)(F)F)OC(F)(C(F)(F)F)C1(F)F.